The van der Waals surface area contributed by atoms with E-state index in [0.717, 1.165) is 43.1 Å². The Morgan fingerprint density at radius 1 is 1.29 bits per heavy atom. The number of aromatic nitrogens is 2. The summed E-state index contributed by atoms with van der Waals surface area (Å²) in [4.78, 5) is 24.7. The topological polar surface area (TPSA) is 70.1 Å². The highest BCUT2D eigenvalue weighted by Gasteiger charge is 2.24. The van der Waals surface area contributed by atoms with Gasteiger partial charge in [-0.3, -0.25) is 4.79 Å². The summed E-state index contributed by atoms with van der Waals surface area (Å²) in [6.07, 6.45) is 5.72. The molecule has 3 rings (SSSR count). The fraction of sp³-hybridized carbons (Fsp3) is 0.550. The number of halogens is 1. The number of aryl methyl sites for hydroxylation is 2. The second-order valence-electron chi connectivity index (χ2n) is 7.65. The SMILES string of the molecule is Cc1nc(NC[C@H]2CC[C@H](NC(=O)c3cc(Cl)cnc3N(C)C)CC2)sc1C. The van der Waals surface area contributed by atoms with Crippen molar-refractivity contribution in [3.8, 4) is 0 Å². The summed E-state index contributed by atoms with van der Waals surface area (Å²) < 4.78 is 0. The Kier molecular flexibility index (Phi) is 6.78. The lowest BCUT2D eigenvalue weighted by molar-refractivity contribution is 0.0923. The minimum absolute atomic E-state index is 0.103. The lowest BCUT2D eigenvalue weighted by Crippen LogP contribution is -2.39. The number of carbonyl (C=O) groups is 1. The van der Waals surface area contributed by atoms with Crippen molar-refractivity contribution in [2.75, 3.05) is 30.9 Å². The molecule has 0 bridgehead atoms. The first-order valence-corrected chi connectivity index (χ1v) is 10.8. The summed E-state index contributed by atoms with van der Waals surface area (Å²) in [5, 5.41) is 8.12. The van der Waals surface area contributed by atoms with Gasteiger partial charge in [0, 0.05) is 37.8 Å². The minimum Gasteiger partial charge on any atom is -0.362 e. The third-order valence-corrected chi connectivity index (χ3v) is 6.49. The van der Waals surface area contributed by atoms with Crippen LogP contribution in [0.25, 0.3) is 0 Å². The third kappa shape index (κ3) is 5.14. The molecule has 2 N–H and O–H groups in total. The van der Waals surface area contributed by atoms with Gasteiger partial charge in [-0.1, -0.05) is 11.6 Å². The van der Waals surface area contributed by atoms with Crippen LogP contribution in [-0.2, 0) is 0 Å². The Labute approximate surface area is 175 Å². The van der Waals surface area contributed by atoms with E-state index >= 15 is 0 Å². The van der Waals surface area contributed by atoms with Crippen molar-refractivity contribution in [1.82, 2.24) is 15.3 Å². The van der Waals surface area contributed by atoms with E-state index in [1.165, 1.54) is 4.88 Å². The quantitative estimate of drug-likeness (QED) is 0.728. The maximum absolute atomic E-state index is 12.8. The molecule has 28 heavy (non-hydrogen) atoms. The summed E-state index contributed by atoms with van der Waals surface area (Å²) in [6.45, 7) is 5.08. The van der Waals surface area contributed by atoms with Crippen LogP contribution in [0, 0.1) is 19.8 Å². The van der Waals surface area contributed by atoms with Crippen molar-refractivity contribution in [2.24, 2.45) is 5.92 Å². The number of hydrogen-bond donors (Lipinski definition) is 2. The average molecular weight is 422 g/mol. The average Bonchev–Trinajstić information content (AvgIpc) is 2.98. The molecular weight excluding hydrogens is 394 g/mol. The lowest BCUT2D eigenvalue weighted by Gasteiger charge is -2.29. The van der Waals surface area contributed by atoms with Crippen LogP contribution in [0.5, 0.6) is 0 Å². The predicted octanol–water partition coefficient (Wildman–Crippen LogP) is 4.28. The van der Waals surface area contributed by atoms with Crippen LogP contribution in [0.2, 0.25) is 5.02 Å². The molecule has 1 fully saturated rings. The molecule has 0 aromatic carbocycles. The van der Waals surface area contributed by atoms with Gasteiger partial charge in [-0.05, 0) is 51.5 Å². The molecule has 0 radical (unpaired) electrons. The standard InChI is InChI=1S/C20H28ClN5OS/c1-12-13(2)28-20(24-12)23-10-14-5-7-16(8-6-14)25-19(27)17-9-15(21)11-22-18(17)26(3)4/h9,11,14,16H,5-8,10H2,1-4H3,(H,23,24)(H,25,27)/t14-,16-. The van der Waals surface area contributed by atoms with Crippen molar-refractivity contribution in [3.63, 3.8) is 0 Å². The molecule has 8 heteroatoms. The van der Waals surface area contributed by atoms with Gasteiger partial charge in [0.25, 0.3) is 5.91 Å². The van der Waals surface area contributed by atoms with Gasteiger partial charge in [-0.15, -0.1) is 11.3 Å². The van der Waals surface area contributed by atoms with Gasteiger partial charge in [-0.25, -0.2) is 9.97 Å². The molecule has 0 atom stereocenters. The maximum Gasteiger partial charge on any atom is 0.255 e. The van der Waals surface area contributed by atoms with Crippen molar-refractivity contribution in [2.45, 2.75) is 45.6 Å². The molecule has 0 spiro atoms. The Morgan fingerprint density at radius 2 is 2.00 bits per heavy atom. The number of rotatable bonds is 6. The van der Waals surface area contributed by atoms with Crippen LogP contribution < -0.4 is 15.5 Å². The zero-order valence-electron chi connectivity index (χ0n) is 16.9. The number of carbonyl (C=O) groups excluding carboxylic acids is 1. The molecule has 1 amide bonds. The summed E-state index contributed by atoms with van der Waals surface area (Å²) >= 11 is 7.77. The number of amides is 1. The van der Waals surface area contributed by atoms with Crippen molar-refractivity contribution in [3.05, 3.63) is 33.4 Å². The zero-order valence-corrected chi connectivity index (χ0v) is 18.5. The molecule has 1 saturated carbocycles. The summed E-state index contributed by atoms with van der Waals surface area (Å²) in [5.41, 5.74) is 1.63. The van der Waals surface area contributed by atoms with Crippen LogP contribution in [-0.4, -0.2) is 42.6 Å². The first kappa shape index (κ1) is 20.9. The number of nitrogens with zero attached hydrogens (tertiary/aromatic N) is 3. The van der Waals surface area contributed by atoms with E-state index in [1.54, 1.807) is 23.6 Å². The number of nitrogens with one attached hydrogen (secondary N) is 2. The molecule has 152 valence electrons. The van der Waals surface area contributed by atoms with E-state index in [-0.39, 0.29) is 11.9 Å². The maximum atomic E-state index is 12.8. The van der Waals surface area contributed by atoms with Gasteiger partial charge in [0.2, 0.25) is 0 Å². The van der Waals surface area contributed by atoms with E-state index in [4.69, 9.17) is 11.6 Å². The number of pyridine rings is 1. The van der Waals surface area contributed by atoms with Gasteiger partial charge in [0.1, 0.15) is 5.82 Å². The normalized spacial score (nSPS) is 19.3. The van der Waals surface area contributed by atoms with Gasteiger partial charge >= 0.3 is 0 Å². The Bertz CT molecular complexity index is 810. The Hall–Kier alpha value is -1.86. The summed E-state index contributed by atoms with van der Waals surface area (Å²) in [7, 11) is 3.74. The van der Waals surface area contributed by atoms with Crippen molar-refractivity contribution in [1.29, 1.82) is 0 Å². The molecule has 1 aliphatic carbocycles. The van der Waals surface area contributed by atoms with E-state index in [0.29, 0.717) is 22.3 Å². The molecular formula is C20H28ClN5OS. The predicted molar refractivity (Wildman–Crippen MR) is 117 cm³/mol. The molecule has 0 saturated heterocycles. The first-order valence-electron chi connectivity index (χ1n) is 9.65. The number of anilines is 2. The van der Waals surface area contributed by atoms with E-state index in [9.17, 15) is 4.79 Å². The van der Waals surface area contributed by atoms with Crippen LogP contribution in [0.1, 0.15) is 46.6 Å². The van der Waals surface area contributed by atoms with Crippen LogP contribution >= 0.6 is 22.9 Å². The summed E-state index contributed by atoms with van der Waals surface area (Å²) in [6, 6.07) is 1.88. The summed E-state index contributed by atoms with van der Waals surface area (Å²) in [5.74, 6) is 1.14. The smallest absolute Gasteiger partial charge is 0.255 e. The molecule has 2 aromatic rings. The monoisotopic (exact) mass is 421 g/mol. The lowest BCUT2D eigenvalue weighted by atomic mass is 9.86. The Balaban J connectivity index is 1.50. The molecule has 6 nitrogen and oxygen atoms in total. The second-order valence-corrected chi connectivity index (χ2v) is 9.29. The van der Waals surface area contributed by atoms with Crippen LogP contribution in [0.15, 0.2) is 12.3 Å². The van der Waals surface area contributed by atoms with E-state index in [1.807, 2.05) is 25.9 Å². The minimum atomic E-state index is -0.103. The molecule has 1 aliphatic rings. The van der Waals surface area contributed by atoms with Gasteiger partial charge in [-0.2, -0.15) is 0 Å². The van der Waals surface area contributed by atoms with E-state index < -0.39 is 0 Å². The first-order chi connectivity index (χ1) is 13.3. The highest BCUT2D eigenvalue weighted by Crippen LogP contribution is 2.27. The molecule has 2 heterocycles. The molecule has 2 aromatic heterocycles. The fourth-order valence-electron chi connectivity index (χ4n) is 3.51. The fourth-order valence-corrected chi connectivity index (χ4v) is 4.49. The highest BCUT2D eigenvalue weighted by molar-refractivity contribution is 7.15. The molecule has 0 unspecified atom stereocenters. The zero-order chi connectivity index (χ0) is 20.3. The number of hydrogen-bond acceptors (Lipinski definition) is 6. The van der Waals surface area contributed by atoms with Crippen LogP contribution in [0.3, 0.4) is 0 Å². The van der Waals surface area contributed by atoms with Crippen molar-refractivity contribution < 1.29 is 4.79 Å². The third-order valence-electron chi connectivity index (χ3n) is 5.25. The van der Waals surface area contributed by atoms with Gasteiger partial charge in [0.05, 0.1) is 16.3 Å². The van der Waals surface area contributed by atoms with Crippen molar-refractivity contribution >= 4 is 39.8 Å². The largest absolute Gasteiger partial charge is 0.362 e. The number of thiazole rings is 1. The van der Waals surface area contributed by atoms with Gasteiger partial charge in [0.15, 0.2) is 5.13 Å². The molecule has 0 aliphatic heterocycles. The highest BCUT2D eigenvalue weighted by atomic mass is 35.5. The van der Waals surface area contributed by atoms with Crippen LogP contribution in [0.4, 0.5) is 10.9 Å². The van der Waals surface area contributed by atoms with E-state index in [2.05, 4.69) is 27.5 Å². The van der Waals surface area contributed by atoms with Gasteiger partial charge < -0.3 is 15.5 Å². The Morgan fingerprint density at radius 3 is 2.61 bits per heavy atom. The second kappa shape index (κ2) is 9.09.